The van der Waals surface area contributed by atoms with Crippen LogP contribution in [0, 0.1) is 6.92 Å². The van der Waals surface area contributed by atoms with Crippen molar-refractivity contribution in [3.05, 3.63) is 34.3 Å². The molecule has 0 amide bonds. The van der Waals surface area contributed by atoms with Crippen LogP contribution in [0.5, 0.6) is 11.5 Å². The molecule has 0 spiro atoms. The number of aryl methyl sites for hydroxylation is 1. The quantitative estimate of drug-likeness (QED) is 0.506. The van der Waals surface area contributed by atoms with E-state index in [0.29, 0.717) is 16.0 Å². The van der Waals surface area contributed by atoms with Gasteiger partial charge in [-0.05, 0) is 40.5 Å². The van der Waals surface area contributed by atoms with Crippen molar-refractivity contribution < 1.29 is 14.3 Å². The van der Waals surface area contributed by atoms with E-state index < -0.39 is 0 Å². The van der Waals surface area contributed by atoms with E-state index in [1.165, 1.54) is 12.5 Å². The molecule has 0 saturated heterocycles. The average molecular weight is 380 g/mol. The highest BCUT2D eigenvalue weighted by Gasteiger charge is 2.24. The monoisotopic (exact) mass is 379 g/mol. The average Bonchev–Trinajstić information content (AvgIpc) is 2.48. The molecule has 1 aliphatic rings. The summed E-state index contributed by atoms with van der Waals surface area (Å²) in [5.74, 6) is 0.521. The van der Waals surface area contributed by atoms with Crippen molar-refractivity contribution in [1.82, 2.24) is 0 Å². The van der Waals surface area contributed by atoms with E-state index in [2.05, 4.69) is 46.4 Å². The minimum absolute atomic E-state index is 0.385. The summed E-state index contributed by atoms with van der Waals surface area (Å²) in [4.78, 5) is 13.4. The van der Waals surface area contributed by atoms with E-state index in [-0.39, 0.29) is 5.97 Å². The molecule has 0 aromatic heterocycles. The molecule has 0 atom stereocenters. The lowest BCUT2D eigenvalue weighted by atomic mass is 10.2. The smallest absolute Gasteiger partial charge is 0.308 e. The third-order valence-corrected chi connectivity index (χ3v) is 5.43. The van der Waals surface area contributed by atoms with Crippen molar-refractivity contribution in [3.63, 3.8) is 0 Å². The van der Waals surface area contributed by atoms with Crippen molar-refractivity contribution in [1.29, 1.82) is 0 Å². The zero-order chi connectivity index (χ0) is 15.9. The Hall–Kier alpha value is -1.66. The maximum absolute atomic E-state index is 11.3. The summed E-state index contributed by atoms with van der Waals surface area (Å²) < 4.78 is 11.3. The van der Waals surface area contributed by atoms with Crippen LogP contribution in [0.15, 0.2) is 38.5 Å². The molecule has 2 aromatic rings. The molecule has 22 heavy (non-hydrogen) atoms. The molecule has 0 saturated carbocycles. The normalized spacial score (nSPS) is 12.0. The van der Waals surface area contributed by atoms with Gasteiger partial charge in [0.1, 0.15) is 0 Å². The Kier molecular flexibility index (Phi) is 4.06. The fourth-order valence-electron chi connectivity index (χ4n) is 2.25. The van der Waals surface area contributed by atoms with Crippen LogP contribution in [0.4, 0.5) is 11.4 Å². The van der Waals surface area contributed by atoms with Crippen molar-refractivity contribution >= 4 is 45.0 Å². The molecule has 1 N–H and O–H groups in total. The van der Waals surface area contributed by atoms with Gasteiger partial charge in [0.05, 0.1) is 27.9 Å². The van der Waals surface area contributed by atoms with Gasteiger partial charge >= 0.3 is 5.97 Å². The largest absolute Gasteiger partial charge is 0.493 e. The summed E-state index contributed by atoms with van der Waals surface area (Å²) in [7, 11) is 1.55. The Balaban J connectivity index is 2.12. The van der Waals surface area contributed by atoms with Crippen molar-refractivity contribution in [2.45, 2.75) is 23.6 Å². The van der Waals surface area contributed by atoms with E-state index in [4.69, 9.17) is 9.47 Å². The third kappa shape index (κ3) is 2.68. The maximum atomic E-state index is 11.3. The first kappa shape index (κ1) is 15.2. The van der Waals surface area contributed by atoms with Gasteiger partial charge < -0.3 is 14.8 Å². The van der Waals surface area contributed by atoms with Crippen LogP contribution in [0.25, 0.3) is 0 Å². The number of nitrogens with one attached hydrogen (secondary N) is 1. The number of carbonyl (C=O) groups excluding carboxylic acids is 1. The second-order valence-electron chi connectivity index (χ2n) is 4.92. The SMILES string of the molecule is COc1cc2c(c(Br)c1OC(C)=O)Sc1cc(C)ccc1N2. The van der Waals surface area contributed by atoms with Crippen LogP contribution in [-0.4, -0.2) is 13.1 Å². The minimum atomic E-state index is -0.385. The van der Waals surface area contributed by atoms with Crippen LogP contribution < -0.4 is 14.8 Å². The van der Waals surface area contributed by atoms with Crippen molar-refractivity contribution in [2.75, 3.05) is 12.4 Å². The summed E-state index contributed by atoms with van der Waals surface area (Å²) in [5, 5.41) is 3.39. The highest BCUT2D eigenvalue weighted by molar-refractivity contribution is 9.10. The lowest BCUT2D eigenvalue weighted by molar-refractivity contribution is -0.132. The van der Waals surface area contributed by atoms with Gasteiger partial charge in [-0.2, -0.15) is 0 Å². The van der Waals surface area contributed by atoms with E-state index in [0.717, 1.165) is 21.2 Å². The molecule has 0 unspecified atom stereocenters. The van der Waals surface area contributed by atoms with Crippen molar-refractivity contribution in [3.8, 4) is 11.5 Å². The summed E-state index contributed by atoms with van der Waals surface area (Å²) in [6, 6.07) is 8.09. The lowest BCUT2D eigenvalue weighted by Crippen LogP contribution is -2.07. The predicted octanol–water partition coefficient (Wildman–Crippen LogP) is 4.90. The number of hydrogen-bond donors (Lipinski definition) is 1. The number of anilines is 2. The van der Waals surface area contributed by atoms with Gasteiger partial charge in [-0.3, -0.25) is 4.79 Å². The first-order chi connectivity index (χ1) is 10.5. The second-order valence-corrected chi connectivity index (χ2v) is 6.76. The first-order valence-electron chi connectivity index (χ1n) is 6.64. The molecule has 6 heteroatoms. The van der Waals surface area contributed by atoms with Crippen LogP contribution >= 0.6 is 27.7 Å². The lowest BCUT2D eigenvalue weighted by Gasteiger charge is -2.24. The number of fused-ring (bicyclic) bond motifs is 2. The molecule has 0 radical (unpaired) electrons. The molecule has 0 fully saturated rings. The fourth-order valence-corrected chi connectivity index (χ4v) is 4.08. The fraction of sp³-hybridized carbons (Fsp3) is 0.188. The van der Waals surface area contributed by atoms with Gasteiger partial charge in [-0.1, -0.05) is 17.8 Å². The number of rotatable bonds is 2. The topological polar surface area (TPSA) is 47.6 Å². The number of hydrogen-bond acceptors (Lipinski definition) is 5. The Labute approximate surface area is 141 Å². The Morgan fingerprint density at radius 1 is 1.27 bits per heavy atom. The summed E-state index contributed by atoms with van der Waals surface area (Å²) in [6.07, 6.45) is 0. The van der Waals surface area contributed by atoms with E-state index in [1.807, 2.05) is 6.07 Å². The second kappa shape index (κ2) is 5.85. The van der Waals surface area contributed by atoms with Crippen LogP contribution in [0.2, 0.25) is 0 Å². The number of halogens is 1. The number of methoxy groups -OCH3 is 1. The van der Waals surface area contributed by atoms with Gasteiger partial charge in [-0.15, -0.1) is 0 Å². The molecule has 0 aliphatic carbocycles. The Morgan fingerprint density at radius 2 is 2.05 bits per heavy atom. The maximum Gasteiger partial charge on any atom is 0.308 e. The third-order valence-electron chi connectivity index (χ3n) is 3.23. The van der Waals surface area contributed by atoms with E-state index in [1.54, 1.807) is 18.9 Å². The minimum Gasteiger partial charge on any atom is -0.493 e. The predicted molar refractivity (Wildman–Crippen MR) is 90.6 cm³/mol. The Bertz CT molecular complexity index is 776. The molecule has 1 aliphatic heterocycles. The zero-order valence-electron chi connectivity index (χ0n) is 12.3. The molecule has 4 nitrogen and oxygen atoms in total. The highest BCUT2D eigenvalue weighted by atomic mass is 79.9. The van der Waals surface area contributed by atoms with Gasteiger partial charge in [0, 0.05) is 17.9 Å². The van der Waals surface area contributed by atoms with E-state index >= 15 is 0 Å². The number of ether oxygens (including phenoxy) is 2. The van der Waals surface area contributed by atoms with Gasteiger partial charge in [0.2, 0.25) is 0 Å². The molecule has 1 heterocycles. The van der Waals surface area contributed by atoms with E-state index in [9.17, 15) is 4.79 Å². The molecule has 3 rings (SSSR count). The Morgan fingerprint density at radius 3 is 2.73 bits per heavy atom. The molecular weight excluding hydrogens is 366 g/mol. The molecule has 2 aromatic carbocycles. The summed E-state index contributed by atoms with van der Waals surface area (Å²) >= 11 is 5.17. The molecular formula is C16H14BrNO3S. The highest BCUT2D eigenvalue weighted by Crippen LogP contribution is 2.53. The zero-order valence-corrected chi connectivity index (χ0v) is 14.7. The van der Waals surface area contributed by atoms with Crippen LogP contribution in [0.1, 0.15) is 12.5 Å². The van der Waals surface area contributed by atoms with Gasteiger partial charge in [0.25, 0.3) is 0 Å². The number of esters is 1. The first-order valence-corrected chi connectivity index (χ1v) is 8.25. The standard InChI is InChI=1S/C16H14BrNO3S/c1-8-4-5-10-13(6-8)22-16-11(18-10)7-12(20-3)15(14(16)17)21-9(2)19/h4-7,18H,1-3H3. The molecule has 114 valence electrons. The van der Waals surface area contributed by atoms with Crippen LogP contribution in [0.3, 0.4) is 0 Å². The number of benzene rings is 2. The molecule has 0 bridgehead atoms. The van der Waals surface area contributed by atoms with Gasteiger partial charge in [-0.25, -0.2) is 0 Å². The summed E-state index contributed by atoms with van der Waals surface area (Å²) in [5.41, 5.74) is 3.17. The number of carbonyl (C=O) groups is 1. The van der Waals surface area contributed by atoms with Crippen LogP contribution in [-0.2, 0) is 4.79 Å². The van der Waals surface area contributed by atoms with Crippen molar-refractivity contribution in [2.24, 2.45) is 0 Å². The van der Waals surface area contributed by atoms with Gasteiger partial charge in [0.15, 0.2) is 11.5 Å². The summed E-state index contributed by atoms with van der Waals surface area (Å²) in [6.45, 7) is 3.43.